The van der Waals surface area contributed by atoms with E-state index in [1.807, 2.05) is 0 Å². The molecule has 0 radical (unpaired) electrons. The third-order valence-corrected chi connectivity index (χ3v) is 3.87. The Kier molecular flexibility index (Phi) is 3.62. The molecule has 2 saturated carbocycles. The average molecular weight is 210 g/mol. The zero-order valence-corrected chi connectivity index (χ0v) is 9.37. The molecule has 0 spiro atoms. The Balaban J connectivity index is 1.81. The molecule has 0 unspecified atom stereocenters. The van der Waals surface area contributed by atoms with Gasteiger partial charge in [-0.25, -0.2) is 0 Å². The minimum atomic E-state index is 0.184. The van der Waals surface area contributed by atoms with E-state index in [0.717, 1.165) is 25.7 Å². The van der Waals surface area contributed by atoms with E-state index in [2.05, 4.69) is 5.32 Å². The van der Waals surface area contributed by atoms with Crippen LogP contribution in [0, 0.1) is 5.92 Å². The van der Waals surface area contributed by atoms with Gasteiger partial charge in [0.25, 0.3) is 0 Å². The number of nitrogens with one attached hydrogen (secondary N) is 1. The Morgan fingerprint density at radius 1 is 1.00 bits per heavy atom. The lowest BCUT2D eigenvalue weighted by Crippen LogP contribution is -2.50. The highest BCUT2D eigenvalue weighted by atomic mass is 16.1. The van der Waals surface area contributed by atoms with Crippen molar-refractivity contribution in [1.29, 1.82) is 0 Å². The molecule has 3 nitrogen and oxygen atoms in total. The van der Waals surface area contributed by atoms with Crippen LogP contribution >= 0.6 is 0 Å². The SMILES string of the molecule is N[C@H]1CCCC[C@@H]1NC(=O)C1CCCC1. The van der Waals surface area contributed by atoms with Gasteiger partial charge in [-0.3, -0.25) is 4.79 Å². The third kappa shape index (κ3) is 2.71. The van der Waals surface area contributed by atoms with Gasteiger partial charge in [-0.15, -0.1) is 0 Å². The van der Waals surface area contributed by atoms with E-state index in [9.17, 15) is 4.79 Å². The molecule has 3 N–H and O–H groups in total. The molecule has 3 heteroatoms. The lowest BCUT2D eigenvalue weighted by molar-refractivity contribution is -0.125. The van der Waals surface area contributed by atoms with Gasteiger partial charge in [0.1, 0.15) is 0 Å². The molecule has 0 aromatic carbocycles. The van der Waals surface area contributed by atoms with Crippen LogP contribution in [0.3, 0.4) is 0 Å². The van der Waals surface area contributed by atoms with E-state index in [4.69, 9.17) is 5.73 Å². The summed E-state index contributed by atoms with van der Waals surface area (Å²) in [5, 5.41) is 3.15. The number of nitrogens with two attached hydrogens (primary N) is 1. The Morgan fingerprint density at radius 2 is 1.60 bits per heavy atom. The van der Waals surface area contributed by atoms with Gasteiger partial charge in [0, 0.05) is 18.0 Å². The van der Waals surface area contributed by atoms with Crippen molar-refractivity contribution in [3.05, 3.63) is 0 Å². The molecule has 0 heterocycles. The van der Waals surface area contributed by atoms with Gasteiger partial charge >= 0.3 is 0 Å². The van der Waals surface area contributed by atoms with Crippen molar-refractivity contribution in [2.24, 2.45) is 11.7 Å². The molecule has 2 aliphatic carbocycles. The Labute approximate surface area is 91.8 Å². The second-order valence-corrected chi connectivity index (χ2v) is 5.04. The molecule has 0 aromatic rings. The fraction of sp³-hybridized carbons (Fsp3) is 0.917. The number of hydrogen-bond acceptors (Lipinski definition) is 2. The lowest BCUT2D eigenvalue weighted by atomic mass is 9.90. The summed E-state index contributed by atoms with van der Waals surface area (Å²) in [6, 6.07) is 0.427. The molecular weight excluding hydrogens is 188 g/mol. The summed E-state index contributed by atoms with van der Waals surface area (Å²) in [6.07, 6.45) is 9.15. The fourth-order valence-electron chi connectivity index (χ4n) is 2.83. The molecule has 2 aliphatic rings. The van der Waals surface area contributed by atoms with E-state index in [-0.39, 0.29) is 23.9 Å². The van der Waals surface area contributed by atoms with E-state index in [1.54, 1.807) is 0 Å². The Morgan fingerprint density at radius 3 is 2.27 bits per heavy atom. The Bertz CT molecular complexity index is 224. The van der Waals surface area contributed by atoms with Crippen molar-refractivity contribution in [3.8, 4) is 0 Å². The lowest BCUT2D eigenvalue weighted by Gasteiger charge is -2.30. The maximum absolute atomic E-state index is 11.9. The highest BCUT2D eigenvalue weighted by molar-refractivity contribution is 5.79. The van der Waals surface area contributed by atoms with Crippen molar-refractivity contribution in [2.45, 2.75) is 63.5 Å². The first-order chi connectivity index (χ1) is 7.27. The normalized spacial score (nSPS) is 32.9. The number of amides is 1. The van der Waals surface area contributed by atoms with Crippen molar-refractivity contribution < 1.29 is 4.79 Å². The number of hydrogen-bond donors (Lipinski definition) is 2. The largest absolute Gasteiger partial charge is 0.352 e. The van der Waals surface area contributed by atoms with Gasteiger partial charge in [0.05, 0.1) is 0 Å². The summed E-state index contributed by atoms with van der Waals surface area (Å²) in [7, 11) is 0. The number of rotatable bonds is 2. The summed E-state index contributed by atoms with van der Waals surface area (Å²) in [5.74, 6) is 0.536. The summed E-state index contributed by atoms with van der Waals surface area (Å²) in [4.78, 5) is 11.9. The van der Waals surface area contributed by atoms with Gasteiger partial charge in [-0.05, 0) is 25.7 Å². The highest BCUT2D eigenvalue weighted by Crippen LogP contribution is 2.25. The van der Waals surface area contributed by atoms with Gasteiger partial charge in [-0.2, -0.15) is 0 Å². The first-order valence-electron chi connectivity index (χ1n) is 6.33. The number of carbonyl (C=O) groups is 1. The fourth-order valence-corrected chi connectivity index (χ4v) is 2.83. The van der Waals surface area contributed by atoms with Crippen LogP contribution in [0.5, 0.6) is 0 Å². The van der Waals surface area contributed by atoms with Crippen LogP contribution in [0.1, 0.15) is 51.4 Å². The highest BCUT2D eigenvalue weighted by Gasteiger charge is 2.28. The maximum Gasteiger partial charge on any atom is 0.223 e. The average Bonchev–Trinajstić information content (AvgIpc) is 2.74. The van der Waals surface area contributed by atoms with Gasteiger partial charge < -0.3 is 11.1 Å². The van der Waals surface area contributed by atoms with Crippen LogP contribution in [0.4, 0.5) is 0 Å². The predicted molar refractivity (Wildman–Crippen MR) is 60.3 cm³/mol. The summed E-state index contributed by atoms with van der Waals surface area (Å²) < 4.78 is 0. The molecule has 0 aliphatic heterocycles. The minimum absolute atomic E-state index is 0.184. The van der Waals surface area contributed by atoms with Crippen LogP contribution in [0.25, 0.3) is 0 Å². The van der Waals surface area contributed by atoms with E-state index in [0.29, 0.717) is 0 Å². The van der Waals surface area contributed by atoms with Crippen LogP contribution in [-0.4, -0.2) is 18.0 Å². The second kappa shape index (κ2) is 4.97. The molecule has 0 saturated heterocycles. The monoisotopic (exact) mass is 210 g/mol. The first kappa shape index (κ1) is 10.9. The standard InChI is InChI=1S/C12H22N2O/c13-10-7-3-4-8-11(10)14-12(15)9-5-1-2-6-9/h9-11H,1-8,13H2,(H,14,15)/t10-,11-/m0/s1. The van der Waals surface area contributed by atoms with Crippen LogP contribution < -0.4 is 11.1 Å². The summed E-state index contributed by atoms with van der Waals surface area (Å²) in [6.45, 7) is 0. The number of carbonyl (C=O) groups excluding carboxylic acids is 1. The van der Waals surface area contributed by atoms with Crippen molar-refractivity contribution in [1.82, 2.24) is 5.32 Å². The molecule has 0 aromatic heterocycles. The minimum Gasteiger partial charge on any atom is -0.352 e. The molecule has 0 bridgehead atoms. The van der Waals surface area contributed by atoms with Crippen LogP contribution in [0.15, 0.2) is 0 Å². The third-order valence-electron chi connectivity index (χ3n) is 3.87. The Hall–Kier alpha value is -0.570. The van der Waals surface area contributed by atoms with E-state index >= 15 is 0 Å². The smallest absolute Gasteiger partial charge is 0.223 e. The van der Waals surface area contributed by atoms with Crippen molar-refractivity contribution in [3.63, 3.8) is 0 Å². The molecule has 15 heavy (non-hydrogen) atoms. The van der Waals surface area contributed by atoms with E-state index in [1.165, 1.54) is 25.7 Å². The summed E-state index contributed by atoms with van der Waals surface area (Å²) >= 11 is 0. The zero-order valence-electron chi connectivity index (χ0n) is 9.37. The molecule has 1 amide bonds. The predicted octanol–water partition coefficient (Wildman–Crippen LogP) is 1.56. The van der Waals surface area contributed by atoms with Crippen LogP contribution in [0.2, 0.25) is 0 Å². The topological polar surface area (TPSA) is 55.1 Å². The van der Waals surface area contributed by atoms with Gasteiger partial charge in [0.2, 0.25) is 5.91 Å². The molecule has 2 atom stereocenters. The van der Waals surface area contributed by atoms with Gasteiger partial charge in [0.15, 0.2) is 0 Å². The molecule has 86 valence electrons. The van der Waals surface area contributed by atoms with Crippen molar-refractivity contribution >= 4 is 5.91 Å². The second-order valence-electron chi connectivity index (χ2n) is 5.04. The maximum atomic E-state index is 11.9. The molecular formula is C12H22N2O. The molecule has 2 fully saturated rings. The van der Waals surface area contributed by atoms with E-state index < -0.39 is 0 Å². The van der Waals surface area contributed by atoms with Crippen LogP contribution in [-0.2, 0) is 4.79 Å². The quantitative estimate of drug-likeness (QED) is 0.726. The van der Waals surface area contributed by atoms with Gasteiger partial charge in [-0.1, -0.05) is 25.7 Å². The first-order valence-corrected chi connectivity index (χ1v) is 6.33. The summed E-state index contributed by atoms with van der Waals surface area (Å²) in [5.41, 5.74) is 6.01. The van der Waals surface area contributed by atoms with Crippen molar-refractivity contribution in [2.75, 3.05) is 0 Å². The molecule has 2 rings (SSSR count). The zero-order chi connectivity index (χ0) is 10.7.